The Morgan fingerprint density at radius 3 is 2.60 bits per heavy atom. The molecule has 3 heterocycles. The lowest BCUT2D eigenvalue weighted by atomic mass is 10.1. The summed E-state index contributed by atoms with van der Waals surface area (Å²) in [7, 11) is 0. The number of ether oxygens (including phenoxy) is 1. The normalized spacial score (nSPS) is 27.4. The van der Waals surface area contributed by atoms with E-state index >= 15 is 0 Å². The van der Waals surface area contributed by atoms with Crippen molar-refractivity contribution < 1.29 is 14.3 Å². The highest BCUT2D eigenvalue weighted by Gasteiger charge is 2.39. The van der Waals surface area contributed by atoms with Crippen molar-refractivity contribution in [3.8, 4) is 0 Å². The summed E-state index contributed by atoms with van der Waals surface area (Å²) in [5, 5.41) is 4.33. The van der Waals surface area contributed by atoms with Crippen LogP contribution < -0.4 is 4.90 Å². The molecule has 0 aliphatic carbocycles. The van der Waals surface area contributed by atoms with Crippen molar-refractivity contribution in [2.45, 2.75) is 52.9 Å². The molecule has 2 saturated heterocycles. The fourth-order valence-corrected chi connectivity index (χ4v) is 3.70. The Hall–Kier alpha value is -1.89. The van der Waals surface area contributed by atoms with E-state index in [4.69, 9.17) is 4.74 Å². The molecular weight excluding hydrogens is 320 g/mol. The third-order valence-corrected chi connectivity index (χ3v) is 4.69. The fourth-order valence-electron chi connectivity index (χ4n) is 3.70. The zero-order chi connectivity index (χ0) is 18.1. The topological polar surface area (TPSA) is 67.7 Å². The fraction of sp³-hybridized carbons (Fsp3) is 0.722. The number of nitrogens with zero attached hydrogens (tertiary/aromatic N) is 4. The van der Waals surface area contributed by atoms with Crippen molar-refractivity contribution in [3.05, 3.63) is 12.4 Å². The Balaban J connectivity index is 1.65. The van der Waals surface area contributed by atoms with E-state index in [0.717, 1.165) is 12.2 Å². The molecule has 0 radical (unpaired) electrons. The first-order valence-electron chi connectivity index (χ1n) is 9.10. The molecule has 1 aromatic heterocycles. The molecule has 2 fully saturated rings. The standard InChI is InChI=1S/C18H28N4O3/c1-12(2)7-21-11-16(6-19-21)22-10-15(5-17(22)23)18(24)20-8-13(3)25-14(4)9-20/h6,11-15H,5,7-10H2,1-4H3/t13-,14+,15-/m0/s1. The maximum atomic E-state index is 12.8. The minimum atomic E-state index is -0.279. The number of anilines is 1. The minimum Gasteiger partial charge on any atom is -0.372 e. The summed E-state index contributed by atoms with van der Waals surface area (Å²) in [6, 6.07) is 0. The second-order valence-electron chi connectivity index (χ2n) is 7.72. The molecule has 7 heteroatoms. The highest BCUT2D eigenvalue weighted by Crippen LogP contribution is 2.27. The molecule has 2 aliphatic heterocycles. The molecule has 0 unspecified atom stereocenters. The van der Waals surface area contributed by atoms with Crippen molar-refractivity contribution in [1.29, 1.82) is 0 Å². The molecule has 2 amide bonds. The van der Waals surface area contributed by atoms with Gasteiger partial charge in [0.2, 0.25) is 11.8 Å². The van der Waals surface area contributed by atoms with Gasteiger partial charge < -0.3 is 14.5 Å². The second kappa shape index (κ2) is 7.15. The van der Waals surface area contributed by atoms with Gasteiger partial charge in [0, 0.05) is 38.8 Å². The molecule has 1 aromatic rings. The molecule has 138 valence electrons. The number of rotatable bonds is 4. The maximum Gasteiger partial charge on any atom is 0.228 e. The van der Waals surface area contributed by atoms with Crippen LogP contribution in [0, 0.1) is 11.8 Å². The van der Waals surface area contributed by atoms with Gasteiger partial charge in [0.1, 0.15) is 0 Å². The van der Waals surface area contributed by atoms with E-state index in [1.807, 2.05) is 29.6 Å². The molecule has 3 atom stereocenters. The summed E-state index contributed by atoms with van der Waals surface area (Å²) < 4.78 is 7.55. The minimum absolute atomic E-state index is 0.00296. The molecule has 0 bridgehead atoms. The first kappa shape index (κ1) is 17.9. The van der Waals surface area contributed by atoms with Gasteiger partial charge in [0.25, 0.3) is 0 Å². The average molecular weight is 348 g/mol. The van der Waals surface area contributed by atoms with E-state index < -0.39 is 0 Å². The number of hydrogen-bond donors (Lipinski definition) is 0. The smallest absolute Gasteiger partial charge is 0.228 e. The van der Waals surface area contributed by atoms with Gasteiger partial charge in [-0.25, -0.2) is 0 Å². The predicted octanol–water partition coefficient (Wildman–Crippen LogP) is 1.53. The molecule has 0 saturated carbocycles. The highest BCUT2D eigenvalue weighted by molar-refractivity contribution is 6.00. The van der Waals surface area contributed by atoms with Crippen LogP contribution in [-0.4, -0.2) is 58.3 Å². The lowest BCUT2D eigenvalue weighted by Crippen LogP contribution is -2.50. The summed E-state index contributed by atoms with van der Waals surface area (Å²) in [6.45, 7) is 10.7. The van der Waals surface area contributed by atoms with E-state index in [1.165, 1.54) is 0 Å². The molecule has 0 spiro atoms. The molecule has 0 aromatic carbocycles. The summed E-state index contributed by atoms with van der Waals surface area (Å²) in [5.41, 5.74) is 0.782. The van der Waals surface area contributed by atoms with Gasteiger partial charge in [-0.1, -0.05) is 13.8 Å². The van der Waals surface area contributed by atoms with Crippen LogP contribution in [0.15, 0.2) is 12.4 Å². The van der Waals surface area contributed by atoms with Gasteiger partial charge in [-0.05, 0) is 19.8 Å². The lowest BCUT2D eigenvalue weighted by molar-refractivity contribution is -0.147. The Bertz CT molecular complexity index is 632. The summed E-state index contributed by atoms with van der Waals surface area (Å²) in [6.07, 6.45) is 3.95. The van der Waals surface area contributed by atoms with Crippen LogP contribution in [0.1, 0.15) is 34.1 Å². The number of morpholine rings is 1. The highest BCUT2D eigenvalue weighted by atomic mass is 16.5. The van der Waals surface area contributed by atoms with Gasteiger partial charge in [-0.15, -0.1) is 0 Å². The number of carbonyl (C=O) groups is 2. The quantitative estimate of drug-likeness (QED) is 0.827. The van der Waals surface area contributed by atoms with Crippen molar-refractivity contribution in [3.63, 3.8) is 0 Å². The maximum absolute atomic E-state index is 12.8. The first-order valence-corrected chi connectivity index (χ1v) is 9.10. The third kappa shape index (κ3) is 4.03. The Kier molecular flexibility index (Phi) is 5.13. The van der Waals surface area contributed by atoms with Crippen LogP contribution in [0.25, 0.3) is 0 Å². The van der Waals surface area contributed by atoms with Crippen molar-refractivity contribution in [1.82, 2.24) is 14.7 Å². The average Bonchev–Trinajstić information content (AvgIpc) is 3.11. The van der Waals surface area contributed by atoms with Crippen LogP contribution in [0.5, 0.6) is 0 Å². The Morgan fingerprint density at radius 2 is 1.96 bits per heavy atom. The number of amides is 2. The van der Waals surface area contributed by atoms with Crippen LogP contribution in [0.3, 0.4) is 0 Å². The number of hydrogen-bond acceptors (Lipinski definition) is 4. The van der Waals surface area contributed by atoms with E-state index in [-0.39, 0.29) is 36.4 Å². The largest absolute Gasteiger partial charge is 0.372 e. The van der Waals surface area contributed by atoms with Crippen LogP contribution in [0.4, 0.5) is 5.69 Å². The van der Waals surface area contributed by atoms with E-state index in [9.17, 15) is 9.59 Å². The van der Waals surface area contributed by atoms with Crippen molar-refractivity contribution >= 4 is 17.5 Å². The van der Waals surface area contributed by atoms with E-state index in [0.29, 0.717) is 25.6 Å². The molecule has 2 aliphatic rings. The SMILES string of the molecule is CC(C)Cn1cc(N2C[C@@H](C(=O)N3C[C@@H](C)O[C@@H](C)C3)CC2=O)cn1. The van der Waals surface area contributed by atoms with Gasteiger partial charge in [0.15, 0.2) is 0 Å². The lowest BCUT2D eigenvalue weighted by Gasteiger charge is -2.36. The molecular formula is C18H28N4O3. The van der Waals surface area contributed by atoms with Gasteiger partial charge in [-0.3, -0.25) is 14.3 Å². The summed E-state index contributed by atoms with van der Waals surface area (Å²) >= 11 is 0. The van der Waals surface area contributed by atoms with Gasteiger partial charge in [0.05, 0.1) is 30.0 Å². The first-order chi connectivity index (χ1) is 11.8. The van der Waals surface area contributed by atoms with Crippen LogP contribution >= 0.6 is 0 Å². The van der Waals surface area contributed by atoms with Gasteiger partial charge in [-0.2, -0.15) is 5.10 Å². The zero-order valence-corrected chi connectivity index (χ0v) is 15.5. The predicted molar refractivity (Wildman–Crippen MR) is 94.1 cm³/mol. The molecule has 0 N–H and O–H groups in total. The summed E-state index contributed by atoms with van der Waals surface area (Å²) in [4.78, 5) is 28.8. The van der Waals surface area contributed by atoms with Gasteiger partial charge >= 0.3 is 0 Å². The summed E-state index contributed by atoms with van der Waals surface area (Å²) in [5.74, 6) is 0.268. The zero-order valence-electron chi connectivity index (χ0n) is 15.5. The number of carbonyl (C=O) groups excluding carboxylic acids is 2. The molecule has 25 heavy (non-hydrogen) atoms. The van der Waals surface area contributed by atoms with Crippen LogP contribution in [0.2, 0.25) is 0 Å². The third-order valence-electron chi connectivity index (χ3n) is 4.69. The van der Waals surface area contributed by atoms with Crippen molar-refractivity contribution in [2.75, 3.05) is 24.5 Å². The molecule has 3 rings (SSSR count). The van der Waals surface area contributed by atoms with E-state index in [1.54, 1.807) is 11.1 Å². The Labute approximate surface area is 148 Å². The van der Waals surface area contributed by atoms with Crippen molar-refractivity contribution in [2.24, 2.45) is 11.8 Å². The monoisotopic (exact) mass is 348 g/mol. The van der Waals surface area contributed by atoms with E-state index in [2.05, 4.69) is 18.9 Å². The Morgan fingerprint density at radius 1 is 1.28 bits per heavy atom. The molecule has 7 nitrogen and oxygen atoms in total. The number of aromatic nitrogens is 2. The van der Waals surface area contributed by atoms with Crippen LogP contribution in [-0.2, 0) is 20.9 Å². The second-order valence-corrected chi connectivity index (χ2v) is 7.72.